The van der Waals surface area contributed by atoms with E-state index in [9.17, 15) is 18.0 Å². The Morgan fingerprint density at radius 1 is 1.27 bits per heavy atom. The molecule has 3 rings (SSSR count). The monoisotopic (exact) mass is 369 g/mol. The normalized spacial score (nSPS) is 12.6. The van der Waals surface area contributed by atoms with Crippen LogP contribution in [-0.2, 0) is 13.6 Å². The minimum atomic E-state index is -4.40. The van der Waals surface area contributed by atoms with Crippen molar-refractivity contribution in [3.63, 3.8) is 0 Å². The number of nitrogens with zero attached hydrogens (tertiary/aromatic N) is 5. The van der Waals surface area contributed by atoms with Gasteiger partial charge in [0, 0.05) is 13.6 Å². The van der Waals surface area contributed by atoms with Crippen LogP contribution in [0.3, 0.4) is 0 Å². The molecule has 0 radical (unpaired) electrons. The summed E-state index contributed by atoms with van der Waals surface area (Å²) in [6.45, 7) is -0.0569. The quantitative estimate of drug-likeness (QED) is 0.733. The van der Waals surface area contributed by atoms with Crippen molar-refractivity contribution < 1.29 is 18.3 Å². The van der Waals surface area contributed by atoms with Gasteiger partial charge in [-0.05, 0) is 19.1 Å². The van der Waals surface area contributed by atoms with E-state index >= 15 is 0 Å². The van der Waals surface area contributed by atoms with Crippen molar-refractivity contribution in [2.75, 3.05) is 19.7 Å². The van der Waals surface area contributed by atoms with Crippen LogP contribution in [0.1, 0.15) is 11.4 Å². The third-order valence-electron chi connectivity index (χ3n) is 4.13. The van der Waals surface area contributed by atoms with E-state index in [-0.39, 0.29) is 30.3 Å². The summed E-state index contributed by atoms with van der Waals surface area (Å²) in [6, 6.07) is 5.26. The highest BCUT2D eigenvalue weighted by Crippen LogP contribution is 2.20. The molecule has 0 aliphatic carbocycles. The van der Waals surface area contributed by atoms with E-state index < -0.39 is 19.3 Å². The van der Waals surface area contributed by atoms with E-state index in [1.807, 2.05) is 13.0 Å². The smallest absolute Gasteiger partial charge is 0.395 e. The lowest BCUT2D eigenvalue weighted by Crippen LogP contribution is -2.36. The molecule has 26 heavy (non-hydrogen) atoms. The lowest BCUT2D eigenvalue weighted by Gasteiger charge is -2.22. The largest absolute Gasteiger partial charge is 0.401 e. The first kappa shape index (κ1) is 18.3. The number of benzene rings is 1. The number of fused-ring (bicyclic) bond motifs is 3. The van der Waals surface area contributed by atoms with Gasteiger partial charge in [0.1, 0.15) is 0 Å². The van der Waals surface area contributed by atoms with E-state index in [1.165, 1.54) is 4.57 Å². The highest BCUT2D eigenvalue weighted by Gasteiger charge is 2.31. The number of aromatic nitrogens is 4. The van der Waals surface area contributed by atoms with Crippen LogP contribution in [0.15, 0.2) is 23.0 Å². The number of hydrogen-bond donors (Lipinski definition) is 1. The molecule has 0 fully saturated rings. The number of hydrogen-bond acceptors (Lipinski definition) is 5. The minimum Gasteiger partial charge on any atom is -0.395 e. The second-order valence-corrected chi connectivity index (χ2v) is 6.19. The summed E-state index contributed by atoms with van der Waals surface area (Å²) in [4.78, 5) is 13.5. The first-order chi connectivity index (χ1) is 12.2. The highest BCUT2D eigenvalue weighted by molar-refractivity contribution is 5.81. The Hall–Kier alpha value is -2.46. The fraction of sp³-hybridized carbons (Fsp3) is 0.438. The zero-order valence-corrected chi connectivity index (χ0v) is 14.3. The van der Waals surface area contributed by atoms with Crippen molar-refractivity contribution >= 4 is 16.7 Å². The van der Waals surface area contributed by atoms with Gasteiger partial charge in [0.15, 0.2) is 5.82 Å². The molecule has 0 saturated carbocycles. The van der Waals surface area contributed by atoms with Crippen LogP contribution < -0.4 is 5.56 Å². The Morgan fingerprint density at radius 2 is 2.00 bits per heavy atom. The first-order valence-corrected chi connectivity index (χ1v) is 7.94. The Kier molecular flexibility index (Phi) is 4.72. The second kappa shape index (κ2) is 6.69. The number of aryl methyl sites for hydroxylation is 2. The number of aliphatic hydroxyl groups excluding tert-OH is 1. The molecule has 0 bridgehead atoms. The van der Waals surface area contributed by atoms with Crippen molar-refractivity contribution in [1.82, 2.24) is 24.1 Å². The van der Waals surface area contributed by atoms with Crippen LogP contribution in [0.25, 0.3) is 16.7 Å². The molecule has 1 N–H and O–H groups in total. The molecule has 0 unspecified atom stereocenters. The summed E-state index contributed by atoms with van der Waals surface area (Å²) in [7, 11) is 1.54. The van der Waals surface area contributed by atoms with Crippen LogP contribution in [-0.4, -0.2) is 55.0 Å². The molecule has 0 atom stereocenters. The van der Waals surface area contributed by atoms with Gasteiger partial charge in [-0.2, -0.15) is 13.2 Å². The molecule has 1 aromatic carbocycles. The highest BCUT2D eigenvalue weighted by atomic mass is 19.4. The van der Waals surface area contributed by atoms with Gasteiger partial charge in [-0.25, -0.2) is 0 Å². The molecule has 10 heteroatoms. The number of rotatable bonds is 5. The predicted octanol–water partition coefficient (Wildman–Crippen LogP) is 1.25. The maximum absolute atomic E-state index is 12.8. The molecule has 140 valence electrons. The van der Waals surface area contributed by atoms with E-state index in [0.29, 0.717) is 10.9 Å². The second-order valence-electron chi connectivity index (χ2n) is 6.19. The summed E-state index contributed by atoms with van der Waals surface area (Å²) in [5, 5.41) is 17.4. The molecule has 0 spiro atoms. The van der Waals surface area contributed by atoms with Crippen molar-refractivity contribution in [3.05, 3.63) is 39.9 Å². The van der Waals surface area contributed by atoms with Gasteiger partial charge in [-0.3, -0.25) is 18.7 Å². The van der Waals surface area contributed by atoms with Gasteiger partial charge in [0.2, 0.25) is 5.78 Å². The van der Waals surface area contributed by atoms with Gasteiger partial charge < -0.3 is 5.11 Å². The zero-order chi connectivity index (χ0) is 19.1. The number of alkyl halides is 3. The van der Waals surface area contributed by atoms with Gasteiger partial charge in [-0.1, -0.05) is 11.6 Å². The standard InChI is InChI=1S/C16H18F3N5O2/c1-10-3-4-12-11(7-10)14(26)22(2)15-21-20-13(24(12)15)8-23(5-6-25)9-16(17,18)19/h3-4,7,25H,5-6,8-9H2,1-2H3. The van der Waals surface area contributed by atoms with Crippen LogP contribution in [0.2, 0.25) is 0 Å². The minimum absolute atomic E-state index is 0.156. The Bertz CT molecular complexity index is 1010. The third-order valence-corrected chi connectivity index (χ3v) is 4.13. The average Bonchev–Trinajstić information content (AvgIpc) is 2.95. The van der Waals surface area contributed by atoms with Crippen molar-refractivity contribution in [3.8, 4) is 0 Å². The topological polar surface area (TPSA) is 75.7 Å². The zero-order valence-electron chi connectivity index (χ0n) is 14.3. The first-order valence-electron chi connectivity index (χ1n) is 7.94. The Morgan fingerprint density at radius 3 is 2.65 bits per heavy atom. The van der Waals surface area contributed by atoms with Crippen molar-refractivity contribution in [2.24, 2.45) is 7.05 Å². The Labute approximate surface area is 146 Å². The lowest BCUT2D eigenvalue weighted by atomic mass is 10.1. The molecule has 0 aliphatic heterocycles. The molecule has 0 saturated heterocycles. The van der Waals surface area contributed by atoms with E-state index in [1.54, 1.807) is 23.6 Å². The van der Waals surface area contributed by atoms with Crippen LogP contribution in [0, 0.1) is 6.92 Å². The van der Waals surface area contributed by atoms with Gasteiger partial charge >= 0.3 is 6.18 Å². The fourth-order valence-corrected chi connectivity index (χ4v) is 2.97. The maximum Gasteiger partial charge on any atom is 0.401 e. The molecule has 7 nitrogen and oxygen atoms in total. The molecule has 2 heterocycles. The molecular formula is C16H18F3N5O2. The molecule has 0 amide bonds. The van der Waals surface area contributed by atoms with Gasteiger partial charge in [-0.15, -0.1) is 10.2 Å². The summed E-state index contributed by atoms with van der Waals surface area (Å²) in [5.74, 6) is 0.513. The SMILES string of the molecule is Cc1ccc2c(c1)c(=O)n(C)c1nnc(CN(CCO)CC(F)(F)F)n21. The van der Waals surface area contributed by atoms with E-state index in [2.05, 4.69) is 10.2 Å². The van der Waals surface area contributed by atoms with Gasteiger partial charge in [0.05, 0.1) is 30.6 Å². The van der Waals surface area contributed by atoms with E-state index in [4.69, 9.17) is 5.11 Å². The van der Waals surface area contributed by atoms with Crippen LogP contribution >= 0.6 is 0 Å². The van der Waals surface area contributed by atoms with Crippen molar-refractivity contribution in [1.29, 1.82) is 0 Å². The van der Waals surface area contributed by atoms with Gasteiger partial charge in [0.25, 0.3) is 5.56 Å². The average molecular weight is 369 g/mol. The number of aliphatic hydroxyl groups is 1. The Balaban J connectivity index is 2.15. The summed E-state index contributed by atoms with van der Waals surface area (Å²) < 4.78 is 41.2. The maximum atomic E-state index is 12.8. The summed E-state index contributed by atoms with van der Waals surface area (Å²) in [5.41, 5.74) is 1.17. The molecule has 3 aromatic rings. The fourth-order valence-electron chi connectivity index (χ4n) is 2.97. The number of halogens is 3. The predicted molar refractivity (Wildman–Crippen MR) is 88.9 cm³/mol. The molecule has 0 aliphatic rings. The third kappa shape index (κ3) is 3.42. The van der Waals surface area contributed by atoms with Crippen LogP contribution in [0.5, 0.6) is 0 Å². The molecular weight excluding hydrogens is 351 g/mol. The summed E-state index contributed by atoms with van der Waals surface area (Å²) >= 11 is 0. The lowest BCUT2D eigenvalue weighted by molar-refractivity contribution is -0.148. The molecule has 2 aromatic heterocycles. The van der Waals surface area contributed by atoms with Crippen LogP contribution in [0.4, 0.5) is 13.2 Å². The van der Waals surface area contributed by atoms with Crippen molar-refractivity contribution in [2.45, 2.75) is 19.6 Å². The van der Waals surface area contributed by atoms with E-state index in [0.717, 1.165) is 10.5 Å². The summed E-state index contributed by atoms with van der Waals surface area (Å²) in [6.07, 6.45) is -4.40.